The first-order valence-electron chi connectivity index (χ1n) is 9.77. The van der Waals surface area contributed by atoms with Crippen LogP contribution in [0.25, 0.3) is 0 Å². The molecule has 3 rings (SSSR count). The molecule has 0 aliphatic rings. The van der Waals surface area contributed by atoms with Gasteiger partial charge in [0.1, 0.15) is 0 Å². The van der Waals surface area contributed by atoms with Crippen molar-refractivity contribution < 1.29 is 19.4 Å². The summed E-state index contributed by atoms with van der Waals surface area (Å²) in [6.07, 6.45) is 1.37. The predicted molar refractivity (Wildman–Crippen MR) is 123 cm³/mol. The van der Waals surface area contributed by atoms with Crippen molar-refractivity contribution in [2.75, 3.05) is 7.11 Å². The summed E-state index contributed by atoms with van der Waals surface area (Å²) in [4.78, 5) is 25.1. The zero-order valence-electron chi connectivity index (χ0n) is 17.3. The van der Waals surface area contributed by atoms with Gasteiger partial charge in [-0.2, -0.15) is 5.10 Å². The molecule has 0 heterocycles. The van der Waals surface area contributed by atoms with Crippen LogP contribution in [0.4, 0.5) is 0 Å². The Kier molecular flexibility index (Phi) is 7.83. The molecule has 7 nitrogen and oxygen atoms in total. The minimum atomic E-state index is -0.540. The van der Waals surface area contributed by atoms with Gasteiger partial charge in [-0.1, -0.05) is 60.1 Å². The Morgan fingerprint density at radius 3 is 2.41 bits per heavy atom. The summed E-state index contributed by atoms with van der Waals surface area (Å²) < 4.78 is 5.05. The minimum Gasteiger partial charge on any atom is -0.503 e. The van der Waals surface area contributed by atoms with E-state index in [-0.39, 0.29) is 34.8 Å². The van der Waals surface area contributed by atoms with E-state index in [1.165, 1.54) is 25.5 Å². The second-order valence-corrected chi connectivity index (χ2v) is 7.26. The summed E-state index contributed by atoms with van der Waals surface area (Å²) in [5, 5.41) is 16.7. The van der Waals surface area contributed by atoms with Crippen LogP contribution in [-0.4, -0.2) is 30.2 Å². The molecule has 0 fully saturated rings. The highest BCUT2D eigenvalue weighted by atomic mass is 35.5. The van der Waals surface area contributed by atoms with Crippen LogP contribution in [0.15, 0.2) is 77.9 Å². The number of nitrogens with one attached hydrogen (secondary N) is 2. The highest BCUT2D eigenvalue weighted by Crippen LogP contribution is 2.34. The van der Waals surface area contributed by atoms with E-state index in [0.717, 1.165) is 5.56 Å². The summed E-state index contributed by atoms with van der Waals surface area (Å²) in [5.41, 5.74) is 4.28. The van der Waals surface area contributed by atoms with Crippen LogP contribution in [0.1, 0.15) is 33.9 Å². The van der Waals surface area contributed by atoms with Gasteiger partial charge >= 0.3 is 0 Å². The number of hydrazone groups is 1. The maximum atomic E-state index is 12.6. The number of carbonyl (C=O) groups excluding carboxylic acids is 2. The van der Waals surface area contributed by atoms with Crippen LogP contribution in [0, 0.1) is 0 Å². The number of hydrogen-bond acceptors (Lipinski definition) is 5. The van der Waals surface area contributed by atoms with Gasteiger partial charge in [0.05, 0.1) is 30.8 Å². The molecule has 0 aliphatic carbocycles. The fourth-order valence-electron chi connectivity index (χ4n) is 3.00. The number of aromatic hydroxyl groups is 1. The lowest BCUT2D eigenvalue weighted by atomic mass is 10.0. The molecular formula is C24H22ClN3O4. The molecule has 0 unspecified atom stereocenters. The molecule has 0 radical (unpaired) electrons. The largest absolute Gasteiger partial charge is 0.503 e. The average Bonchev–Trinajstić information content (AvgIpc) is 2.81. The maximum Gasteiger partial charge on any atom is 0.251 e. The molecule has 164 valence electrons. The van der Waals surface area contributed by atoms with E-state index in [2.05, 4.69) is 15.8 Å². The lowest BCUT2D eigenvalue weighted by molar-refractivity contribution is -0.121. The van der Waals surface area contributed by atoms with E-state index in [4.69, 9.17) is 16.3 Å². The number of amides is 2. The molecule has 8 heteroatoms. The summed E-state index contributed by atoms with van der Waals surface area (Å²) in [5.74, 6) is -0.643. The Balaban J connectivity index is 1.68. The van der Waals surface area contributed by atoms with Crippen molar-refractivity contribution in [1.29, 1.82) is 0 Å². The Bertz CT molecular complexity index is 1100. The number of hydrogen-bond donors (Lipinski definition) is 3. The van der Waals surface area contributed by atoms with Crippen LogP contribution in [0.2, 0.25) is 5.02 Å². The minimum absolute atomic E-state index is 0.0143. The van der Waals surface area contributed by atoms with Gasteiger partial charge in [-0.3, -0.25) is 9.59 Å². The number of benzene rings is 3. The van der Waals surface area contributed by atoms with E-state index in [0.29, 0.717) is 11.1 Å². The number of phenols is 1. The fraction of sp³-hybridized carbons (Fsp3) is 0.125. The first-order valence-corrected chi connectivity index (χ1v) is 10.1. The van der Waals surface area contributed by atoms with Crippen LogP contribution >= 0.6 is 11.6 Å². The van der Waals surface area contributed by atoms with Crippen molar-refractivity contribution in [3.05, 3.63) is 94.5 Å². The first-order chi connectivity index (χ1) is 15.5. The van der Waals surface area contributed by atoms with Gasteiger partial charge in [0.2, 0.25) is 5.91 Å². The maximum absolute atomic E-state index is 12.6. The Morgan fingerprint density at radius 2 is 1.75 bits per heavy atom. The molecule has 32 heavy (non-hydrogen) atoms. The second kappa shape index (κ2) is 11.0. The van der Waals surface area contributed by atoms with Crippen molar-refractivity contribution >= 4 is 29.6 Å². The Labute approximate surface area is 190 Å². The van der Waals surface area contributed by atoms with E-state index in [1.807, 2.05) is 36.4 Å². The van der Waals surface area contributed by atoms with Crippen molar-refractivity contribution in [2.45, 2.75) is 12.5 Å². The number of carbonyl (C=O) groups is 2. The van der Waals surface area contributed by atoms with Gasteiger partial charge in [0.25, 0.3) is 5.91 Å². The van der Waals surface area contributed by atoms with Crippen LogP contribution < -0.4 is 15.5 Å². The van der Waals surface area contributed by atoms with Gasteiger partial charge in [-0.05, 0) is 35.4 Å². The van der Waals surface area contributed by atoms with Gasteiger partial charge < -0.3 is 15.2 Å². The van der Waals surface area contributed by atoms with Gasteiger partial charge in [0, 0.05) is 5.56 Å². The normalized spacial score (nSPS) is 11.7. The number of halogens is 1. The van der Waals surface area contributed by atoms with Crippen LogP contribution in [-0.2, 0) is 4.79 Å². The summed E-state index contributed by atoms with van der Waals surface area (Å²) in [6, 6.07) is 20.5. The summed E-state index contributed by atoms with van der Waals surface area (Å²) >= 11 is 5.96. The Hall–Kier alpha value is -3.84. The molecule has 3 aromatic rings. The van der Waals surface area contributed by atoms with Gasteiger partial charge in [-0.25, -0.2) is 5.43 Å². The molecule has 2 amide bonds. The van der Waals surface area contributed by atoms with Crippen molar-refractivity contribution in [1.82, 2.24) is 10.7 Å². The SMILES string of the molecule is COc1cc(/C=N\NC(=O)C[C@H](NC(=O)c2ccccc2)c2ccccc2)cc(Cl)c1O. The van der Waals surface area contributed by atoms with Gasteiger partial charge in [-0.15, -0.1) is 0 Å². The molecular weight excluding hydrogens is 430 g/mol. The van der Waals surface area contributed by atoms with E-state index in [1.54, 1.807) is 24.3 Å². The zero-order valence-corrected chi connectivity index (χ0v) is 18.0. The van der Waals surface area contributed by atoms with E-state index < -0.39 is 6.04 Å². The third kappa shape index (κ3) is 6.09. The highest BCUT2D eigenvalue weighted by molar-refractivity contribution is 6.32. The number of ether oxygens (including phenoxy) is 1. The number of nitrogens with zero attached hydrogens (tertiary/aromatic N) is 1. The highest BCUT2D eigenvalue weighted by Gasteiger charge is 2.19. The molecule has 0 bridgehead atoms. The van der Waals surface area contributed by atoms with E-state index in [9.17, 15) is 14.7 Å². The smallest absolute Gasteiger partial charge is 0.251 e. The molecule has 0 saturated carbocycles. The first kappa shape index (κ1) is 22.8. The molecule has 0 spiro atoms. The number of rotatable bonds is 8. The van der Waals surface area contributed by atoms with Crippen molar-refractivity contribution in [3.63, 3.8) is 0 Å². The molecule has 1 atom stereocenters. The summed E-state index contributed by atoms with van der Waals surface area (Å²) in [7, 11) is 1.40. The third-order valence-corrected chi connectivity index (χ3v) is 4.89. The van der Waals surface area contributed by atoms with Crippen LogP contribution in [0.5, 0.6) is 11.5 Å². The lowest BCUT2D eigenvalue weighted by Gasteiger charge is -2.18. The summed E-state index contributed by atoms with van der Waals surface area (Å²) in [6.45, 7) is 0. The topological polar surface area (TPSA) is 100 Å². The Morgan fingerprint density at radius 1 is 1.09 bits per heavy atom. The average molecular weight is 452 g/mol. The zero-order chi connectivity index (χ0) is 22.9. The van der Waals surface area contributed by atoms with Crippen molar-refractivity contribution in [3.8, 4) is 11.5 Å². The second-order valence-electron chi connectivity index (χ2n) is 6.85. The van der Waals surface area contributed by atoms with Crippen molar-refractivity contribution in [2.24, 2.45) is 5.10 Å². The molecule has 3 N–H and O–H groups in total. The number of methoxy groups -OCH3 is 1. The standard InChI is InChI=1S/C24H22ClN3O4/c1-32-21-13-16(12-19(25)23(21)30)15-26-28-22(29)14-20(17-8-4-2-5-9-17)27-24(31)18-10-6-3-7-11-18/h2-13,15,20,30H,14H2,1H3,(H,27,31)(H,28,29)/b26-15-/t20-/m0/s1. The van der Waals surface area contributed by atoms with Gasteiger partial charge in [0.15, 0.2) is 11.5 Å². The number of phenolic OH excluding ortho intramolecular Hbond substituents is 1. The fourth-order valence-corrected chi connectivity index (χ4v) is 3.22. The molecule has 0 saturated heterocycles. The molecule has 3 aromatic carbocycles. The molecule has 0 aromatic heterocycles. The molecule has 0 aliphatic heterocycles. The monoisotopic (exact) mass is 451 g/mol. The predicted octanol–water partition coefficient (Wildman–Crippen LogP) is 4.07. The quantitative estimate of drug-likeness (QED) is 0.355. The third-order valence-electron chi connectivity index (χ3n) is 4.61. The lowest BCUT2D eigenvalue weighted by Crippen LogP contribution is -2.32. The van der Waals surface area contributed by atoms with E-state index >= 15 is 0 Å². The van der Waals surface area contributed by atoms with Crippen LogP contribution in [0.3, 0.4) is 0 Å².